The van der Waals surface area contributed by atoms with Gasteiger partial charge in [-0.1, -0.05) is 19.8 Å². The topological polar surface area (TPSA) is 55.6 Å². The fourth-order valence-corrected chi connectivity index (χ4v) is 3.04. The van der Waals surface area contributed by atoms with Crippen molar-refractivity contribution in [2.24, 2.45) is 11.7 Å². The van der Waals surface area contributed by atoms with Crippen LogP contribution in [0.1, 0.15) is 39.0 Å². The van der Waals surface area contributed by atoms with Gasteiger partial charge in [0.05, 0.1) is 0 Å². The predicted octanol–water partition coefficient (Wildman–Crippen LogP) is 1.14. The van der Waals surface area contributed by atoms with Gasteiger partial charge in [0.25, 0.3) is 0 Å². The summed E-state index contributed by atoms with van der Waals surface area (Å²) in [5.41, 5.74) is 5.49. The molecule has 0 radical (unpaired) electrons. The number of nitrogens with zero attached hydrogens (tertiary/aromatic N) is 1. The van der Waals surface area contributed by atoms with E-state index in [0.29, 0.717) is 5.92 Å². The summed E-state index contributed by atoms with van der Waals surface area (Å²) in [6.07, 6.45) is 4.75. The normalized spacial score (nSPS) is 39.2. The van der Waals surface area contributed by atoms with Crippen molar-refractivity contribution >= 4 is 5.97 Å². The fourth-order valence-electron chi connectivity index (χ4n) is 3.04. The van der Waals surface area contributed by atoms with Gasteiger partial charge in [0.15, 0.2) is 0 Å². The number of rotatable bonds is 2. The molecule has 1 saturated heterocycles. The Morgan fingerprint density at radius 2 is 2.24 bits per heavy atom. The van der Waals surface area contributed by atoms with Gasteiger partial charge in [-0.3, -0.25) is 4.79 Å². The third kappa shape index (κ3) is 2.99. The number of likely N-dealkylation sites (tertiary alicyclic amines) is 1. The Hall–Kier alpha value is -0.610. The van der Waals surface area contributed by atoms with Crippen LogP contribution >= 0.6 is 0 Å². The van der Waals surface area contributed by atoms with Crippen LogP contribution in [-0.4, -0.2) is 42.6 Å². The number of nitrogens with two attached hydrogens (primary N) is 1. The minimum Gasteiger partial charge on any atom is -0.460 e. The second kappa shape index (κ2) is 4.94. The number of esters is 1. The number of carbonyl (C=O) groups excluding carboxylic acids is 1. The molecule has 98 valence electrons. The molecule has 0 amide bonds. The first-order valence-corrected chi connectivity index (χ1v) is 6.68. The number of ether oxygens (including phenoxy) is 1. The van der Waals surface area contributed by atoms with Crippen LogP contribution in [-0.2, 0) is 9.53 Å². The van der Waals surface area contributed by atoms with E-state index in [9.17, 15) is 4.79 Å². The Morgan fingerprint density at radius 1 is 1.47 bits per heavy atom. The fraction of sp³-hybridized carbons (Fsp3) is 0.923. The van der Waals surface area contributed by atoms with E-state index in [4.69, 9.17) is 10.5 Å². The van der Waals surface area contributed by atoms with E-state index in [1.165, 1.54) is 6.42 Å². The van der Waals surface area contributed by atoms with Gasteiger partial charge in [0.1, 0.15) is 11.6 Å². The second-order valence-electron chi connectivity index (χ2n) is 5.94. The molecule has 1 aliphatic heterocycles. The Kier molecular flexibility index (Phi) is 3.73. The summed E-state index contributed by atoms with van der Waals surface area (Å²) < 4.78 is 5.57. The molecule has 0 spiro atoms. The molecule has 0 bridgehead atoms. The van der Waals surface area contributed by atoms with Crippen LogP contribution in [0.2, 0.25) is 0 Å². The van der Waals surface area contributed by atoms with E-state index in [-0.39, 0.29) is 12.1 Å². The quantitative estimate of drug-likeness (QED) is 0.735. The molecule has 2 N–H and O–H groups in total. The van der Waals surface area contributed by atoms with Gasteiger partial charge in [-0.05, 0) is 32.2 Å². The van der Waals surface area contributed by atoms with Gasteiger partial charge in [-0.2, -0.15) is 0 Å². The molecule has 4 nitrogen and oxygen atoms in total. The standard InChI is InChI=1S/C13H24N2O2/c1-10-4-3-6-13(14,8-10)12(16)17-11-5-7-15(2)9-11/h10-11H,3-9,14H2,1-2H3. The van der Waals surface area contributed by atoms with Crippen LogP contribution in [0.3, 0.4) is 0 Å². The van der Waals surface area contributed by atoms with Crippen molar-refractivity contribution in [1.82, 2.24) is 4.90 Å². The van der Waals surface area contributed by atoms with Crippen LogP contribution in [0.15, 0.2) is 0 Å². The SMILES string of the molecule is CC1CCCC(N)(C(=O)OC2CCN(C)C2)C1. The zero-order valence-electron chi connectivity index (χ0n) is 10.9. The van der Waals surface area contributed by atoms with Crippen molar-refractivity contribution in [3.63, 3.8) is 0 Å². The van der Waals surface area contributed by atoms with Crippen LogP contribution in [0.25, 0.3) is 0 Å². The highest BCUT2D eigenvalue weighted by atomic mass is 16.5. The molecule has 2 aliphatic rings. The molecule has 3 atom stereocenters. The van der Waals surface area contributed by atoms with Crippen molar-refractivity contribution in [2.45, 2.75) is 50.7 Å². The van der Waals surface area contributed by atoms with Crippen LogP contribution in [0.5, 0.6) is 0 Å². The highest BCUT2D eigenvalue weighted by Gasteiger charge is 2.40. The van der Waals surface area contributed by atoms with Crippen molar-refractivity contribution in [3.8, 4) is 0 Å². The molecule has 2 rings (SSSR count). The molecule has 1 aliphatic carbocycles. The summed E-state index contributed by atoms with van der Waals surface area (Å²) in [5.74, 6) is 0.358. The van der Waals surface area contributed by atoms with Gasteiger partial charge in [-0.25, -0.2) is 0 Å². The smallest absolute Gasteiger partial charge is 0.326 e. The first kappa shape index (κ1) is 12.8. The molecule has 0 aromatic rings. The van der Waals surface area contributed by atoms with E-state index < -0.39 is 5.54 Å². The Morgan fingerprint density at radius 3 is 2.82 bits per heavy atom. The van der Waals surface area contributed by atoms with E-state index in [1.54, 1.807) is 0 Å². The Labute approximate surface area is 103 Å². The molecule has 2 fully saturated rings. The Bertz CT molecular complexity index is 295. The second-order valence-corrected chi connectivity index (χ2v) is 5.94. The molecular formula is C13H24N2O2. The third-order valence-electron chi connectivity index (χ3n) is 4.06. The third-order valence-corrected chi connectivity index (χ3v) is 4.06. The highest BCUT2D eigenvalue weighted by molar-refractivity contribution is 5.80. The molecule has 1 saturated carbocycles. The summed E-state index contributed by atoms with van der Waals surface area (Å²) in [6.45, 7) is 4.01. The zero-order valence-corrected chi connectivity index (χ0v) is 10.9. The summed E-state index contributed by atoms with van der Waals surface area (Å²) in [5, 5.41) is 0. The molecule has 3 unspecified atom stereocenters. The van der Waals surface area contributed by atoms with Gasteiger partial charge < -0.3 is 15.4 Å². The van der Waals surface area contributed by atoms with E-state index >= 15 is 0 Å². The van der Waals surface area contributed by atoms with Crippen LogP contribution < -0.4 is 5.73 Å². The van der Waals surface area contributed by atoms with Gasteiger partial charge in [0, 0.05) is 13.1 Å². The lowest BCUT2D eigenvalue weighted by Gasteiger charge is -2.35. The van der Waals surface area contributed by atoms with E-state index in [1.807, 2.05) is 0 Å². The highest BCUT2D eigenvalue weighted by Crippen LogP contribution is 2.32. The maximum atomic E-state index is 12.2. The number of likely N-dealkylation sites (N-methyl/N-ethyl adjacent to an activating group) is 1. The summed E-state index contributed by atoms with van der Waals surface area (Å²) in [4.78, 5) is 14.3. The Balaban J connectivity index is 1.90. The lowest BCUT2D eigenvalue weighted by molar-refractivity contribution is -0.157. The number of carbonyl (C=O) groups is 1. The summed E-state index contributed by atoms with van der Waals surface area (Å²) >= 11 is 0. The molecule has 1 heterocycles. The van der Waals surface area contributed by atoms with Crippen molar-refractivity contribution in [3.05, 3.63) is 0 Å². The van der Waals surface area contributed by atoms with Gasteiger partial charge in [0.2, 0.25) is 0 Å². The number of hydrogen-bond acceptors (Lipinski definition) is 4. The largest absolute Gasteiger partial charge is 0.460 e. The van der Waals surface area contributed by atoms with Crippen molar-refractivity contribution in [1.29, 1.82) is 0 Å². The minimum atomic E-state index is -0.723. The molecular weight excluding hydrogens is 216 g/mol. The number of hydrogen-bond donors (Lipinski definition) is 1. The minimum absolute atomic E-state index is 0.0464. The molecule has 4 heteroatoms. The maximum absolute atomic E-state index is 12.2. The summed E-state index contributed by atoms with van der Waals surface area (Å²) in [6, 6.07) is 0. The first-order chi connectivity index (χ1) is 7.99. The maximum Gasteiger partial charge on any atom is 0.326 e. The predicted molar refractivity (Wildman–Crippen MR) is 66.5 cm³/mol. The zero-order chi connectivity index (χ0) is 12.5. The van der Waals surface area contributed by atoms with E-state index in [2.05, 4.69) is 18.9 Å². The molecule has 0 aromatic carbocycles. The lowest BCUT2D eigenvalue weighted by atomic mass is 9.77. The first-order valence-electron chi connectivity index (χ1n) is 6.68. The summed E-state index contributed by atoms with van der Waals surface area (Å²) in [7, 11) is 2.05. The molecule has 0 aromatic heterocycles. The van der Waals surface area contributed by atoms with Crippen molar-refractivity contribution in [2.75, 3.05) is 20.1 Å². The average molecular weight is 240 g/mol. The van der Waals surface area contributed by atoms with E-state index in [0.717, 1.165) is 38.8 Å². The van der Waals surface area contributed by atoms with Gasteiger partial charge in [-0.15, -0.1) is 0 Å². The van der Waals surface area contributed by atoms with Crippen LogP contribution in [0, 0.1) is 5.92 Å². The van der Waals surface area contributed by atoms with Gasteiger partial charge >= 0.3 is 5.97 Å². The lowest BCUT2D eigenvalue weighted by Crippen LogP contribution is -2.52. The van der Waals surface area contributed by atoms with Crippen LogP contribution in [0.4, 0.5) is 0 Å². The monoisotopic (exact) mass is 240 g/mol. The molecule has 17 heavy (non-hydrogen) atoms. The van der Waals surface area contributed by atoms with Crippen molar-refractivity contribution < 1.29 is 9.53 Å². The average Bonchev–Trinajstić information content (AvgIpc) is 2.63.